The van der Waals surface area contributed by atoms with Crippen LogP contribution in [0.4, 0.5) is 0 Å². The Morgan fingerprint density at radius 3 is 2.00 bits per heavy atom. The Hall–Kier alpha value is 0.820. The standard InChI is InChI=1S/C13H26O2S.Na.H/c1-3-4-5-6-7-8-9-10-11-12(16-2)13(14)15;;/h12H,3-11H2,1-2H3,(H,14,15);;/q;+1;-1. The SMILES string of the molecule is CCCCCCCCCCC(SC)C(=O)O.[H-].[Na+]. The molecule has 0 radical (unpaired) electrons. The molecule has 0 aliphatic carbocycles. The van der Waals surface area contributed by atoms with E-state index in [0.29, 0.717) is 0 Å². The molecule has 0 saturated heterocycles. The number of unbranched alkanes of at least 4 members (excludes halogenated alkanes) is 7. The molecule has 0 rings (SSSR count). The summed E-state index contributed by atoms with van der Waals surface area (Å²) in [5.74, 6) is -0.657. The van der Waals surface area contributed by atoms with Crippen LogP contribution < -0.4 is 29.6 Å². The average Bonchev–Trinajstić information content (AvgIpc) is 2.26. The normalized spacial score (nSPS) is 11.9. The second kappa shape index (κ2) is 14.9. The van der Waals surface area contributed by atoms with Gasteiger partial charge in [0, 0.05) is 0 Å². The second-order valence-corrected chi connectivity index (χ2v) is 5.37. The summed E-state index contributed by atoms with van der Waals surface area (Å²) in [5.41, 5.74) is 0. The number of carboxylic acid groups (broad SMARTS) is 1. The first kappa shape index (κ1) is 20.1. The molecular weight excluding hydrogens is 243 g/mol. The molecule has 0 spiro atoms. The first-order chi connectivity index (χ1) is 7.72. The third-order valence-electron chi connectivity index (χ3n) is 2.88. The van der Waals surface area contributed by atoms with Gasteiger partial charge in [0.1, 0.15) is 5.25 Å². The molecule has 98 valence electrons. The number of hydrogen-bond donors (Lipinski definition) is 1. The zero-order valence-electron chi connectivity index (χ0n) is 12.7. The van der Waals surface area contributed by atoms with Crippen LogP contribution in [-0.2, 0) is 4.79 Å². The summed E-state index contributed by atoms with van der Waals surface area (Å²) in [6, 6.07) is 0. The van der Waals surface area contributed by atoms with Gasteiger partial charge in [-0.1, -0.05) is 58.3 Å². The maximum Gasteiger partial charge on any atom is 1.00 e. The third kappa shape index (κ3) is 13.1. The smallest absolute Gasteiger partial charge is 1.00 e. The minimum atomic E-state index is -0.657. The van der Waals surface area contributed by atoms with Crippen molar-refractivity contribution in [3.05, 3.63) is 0 Å². The van der Waals surface area contributed by atoms with E-state index in [9.17, 15) is 4.79 Å². The summed E-state index contributed by atoms with van der Waals surface area (Å²) in [6.07, 6.45) is 12.9. The molecule has 0 aromatic heterocycles. The zero-order chi connectivity index (χ0) is 12.2. The fourth-order valence-corrected chi connectivity index (χ4v) is 2.41. The number of aliphatic carboxylic acids is 1. The van der Waals surface area contributed by atoms with Gasteiger partial charge >= 0.3 is 35.5 Å². The Morgan fingerprint density at radius 2 is 1.59 bits per heavy atom. The van der Waals surface area contributed by atoms with Crippen LogP contribution >= 0.6 is 11.8 Å². The van der Waals surface area contributed by atoms with Crippen molar-refractivity contribution in [3.8, 4) is 0 Å². The molecule has 0 aromatic carbocycles. The van der Waals surface area contributed by atoms with Crippen LogP contribution in [0, 0.1) is 0 Å². The van der Waals surface area contributed by atoms with E-state index in [1.165, 1.54) is 56.7 Å². The molecule has 1 N–H and O–H groups in total. The number of carbonyl (C=O) groups is 1. The summed E-state index contributed by atoms with van der Waals surface area (Å²) in [6.45, 7) is 2.23. The van der Waals surface area contributed by atoms with E-state index in [-0.39, 0.29) is 36.2 Å². The van der Waals surface area contributed by atoms with Crippen LogP contribution in [0.5, 0.6) is 0 Å². The molecule has 1 unspecified atom stereocenters. The number of carboxylic acids is 1. The van der Waals surface area contributed by atoms with Gasteiger partial charge in [-0.05, 0) is 12.7 Å². The Balaban J connectivity index is -0.00000112. The maximum atomic E-state index is 10.7. The molecule has 0 aliphatic rings. The quantitative estimate of drug-likeness (QED) is 0.456. The van der Waals surface area contributed by atoms with Crippen molar-refractivity contribution in [3.63, 3.8) is 0 Å². The zero-order valence-corrected chi connectivity index (χ0v) is 14.5. The van der Waals surface area contributed by atoms with Gasteiger partial charge in [-0.15, -0.1) is 0 Å². The van der Waals surface area contributed by atoms with Gasteiger partial charge in [-0.2, -0.15) is 11.8 Å². The van der Waals surface area contributed by atoms with Crippen LogP contribution in [0.1, 0.15) is 66.1 Å². The first-order valence-corrected chi connectivity index (χ1v) is 7.76. The van der Waals surface area contributed by atoms with E-state index in [2.05, 4.69) is 6.92 Å². The predicted molar refractivity (Wildman–Crippen MR) is 73.3 cm³/mol. The van der Waals surface area contributed by atoms with Crippen LogP contribution in [0.25, 0.3) is 0 Å². The number of hydrogen-bond acceptors (Lipinski definition) is 2. The van der Waals surface area contributed by atoms with Crippen molar-refractivity contribution in [2.75, 3.05) is 6.26 Å². The fourth-order valence-electron chi connectivity index (χ4n) is 1.81. The van der Waals surface area contributed by atoms with Crippen molar-refractivity contribution in [1.29, 1.82) is 0 Å². The molecule has 0 bridgehead atoms. The average molecular weight is 270 g/mol. The van der Waals surface area contributed by atoms with Crippen molar-refractivity contribution < 1.29 is 40.9 Å². The van der Waals surface area contributed by atoms with E-state index in [1.807, 2.05) is 6.26 Å². The van der Waals surface area contributed by atoms with Crippen molar-refractivity contribution in [2.24, 2.45) is 0 Å². The number of thioether (sulfide) groups is 1. The minimum absolute atomic E-state index is 0. The van der Waals surface area contributed by atoms with Gasteiger partial charge in [-0.3, -0.25) is 4.79 Å². The topological polar surface area (TPSA) is 37.3 Å². The molecule has 0 aliphatic heterocycles. The van der Waals surface area contributed by atoms with Gasteiger partial charge < -0.3 is 6.53 Å². The van der Waals surface area contributed by atoms with E-state index >= 15 is 0 Å². The van der Waals surface area contributed by atoms with Gasteiger partial charge in [0.2, 0.25) is 0 Å². The number of rotatable bonds is 11. The Morgan fingerprint density at radius 1 is 1.12 bits per heavy atom. The van der Waals surface area contributed by atoms with Crippen LogP contribution in [0.3, 0.4) is 0 Å². The summed E-state index contributed by atoms with van der Waals surface area (Å²) in [7, 11) is 0. The van der Waals surface area contributed by atoms with Crippen molar-refractivity contribution in [2.45, 2.75) is 70.0 Å². The Bertz CT molecular complexity index is 182. The van der Waals surface area contributed by atoms with E-state index in [4.69, 9.17) is 5.11 Å². The summed E-state index contributed by atoms with van der Waals surface area (Å²) < 4.78 is 0. The van der Waals surface area contributed by atoms with Crippen LogP contribution in [-0.4, -0.2) is 22.6 Å². The Labute approximate surface area is 134 Å². The fraction of sp³-hybridized carbons (Fsp3) is 0.923. The molecule has 4 heteroatoms. The van der Waals surface area contributed by atoms with E-state index in [1.54, 1.807) is 0 Å². The summed E-state index contributed by atoms with van der Waals surface area (Å²) >= 11 is 1.45. The predicted octanol–water partition coefficient (Wildman–Crippen LogP) is 1.45. The molecule has 17 heavy (non-hydrogen) atoms. The molecule has 2 nitrogen and oxygen atoms in total. The largest absolute Gasteiger partial charge is 1.00 e. The molecule has 0 saturated carbocycles. The molecule has 0 amide bonds. The van der Waals surface area contributed by atoms with E-state index in [0.717, 1.165) is 12.8 Å². The molecule has 0 heterocycles. The third-order valence-corrected chi connectivity index (χ3v) is 3.89. The summed E-state index contributed by atoms with van der Waals surface area (Å²) in [5, 5.41) is 8.66. The molecule has 0 fully saturated rings. The summed E-state index contributed by atoms with van der Waals surface area (Å²) in [4.78, 5) is 10.7. The van der Waals surface area contributed by atoms with Gasteiger partial charge in [0.15, 0.2) is 0 Å². The second-order valence-electron chi connectivity index (χ2n) is 4.33. The van der Waals surface area contributed by atoms with Crippen LogP contribution in [0.2, 0.25) is 0 Å². The van der Waals surface area contributed by atoms with E-state index < -0.39 is 5.97 Å². The minimum Gasteiger partial charge on any atom is -1.00 e. The Kier molecular flexibility index (Phi) is 17.6. The van der Waals surface area contributed by atoms with Crippen LogP contribution in [0.15, 0.2) is 0 Å². The molecule has 0 aromatic rings. The molecular formula is C13H27NaO2S. The monoisotopic (exact) mass is 270 g/mol. The first-order valence-electron chi connectivity index (χ1n) is 6.48. The molecule has 1 atom stereocenters. The van der Waals surface area contributed by atoms with Crippen molar-refractivity contribution >= 4 is 17.7 Å². The van der Waals surface area contributed by atoms with Gasteiger partial charge in [0.05, 0.1) is 0 Å². The maximum absolute atomic E-state index is 10.7. The van der Waals surface area contributed by atoms with Crippen molar-refractivity contribution in [1.82, 2.24) is 0 Å². The van der Waals surface area contributed by atoms with Gasteiger partial charge in [0.25, 0.3) is 0 Å². The van der Waals surface area contributed by atoms with Gasteiger partial charge in [-0.25, -0.2) is 0 Å².